The molecule has 0 aliphatic carbocycles. The van der Waals surface area contributed by atoms with E-state index in [1.165, 1.54) is 11.1 Å². The number of pyridine rings is 1. The molecule has 4 nitrogen and oxygen atoms in total. The van der Waals surface area contributed by atoms with Crippen molar-refractivity contribution < 1.29 is 5.11 Å². The highest BCUT2D eigenvalue weighted by Crippen LogP contribution is 2.40. The van der Waals surface area contributed by atoms with Gasteiger partial charge < -0.3 is 5.11 Å². The predicted molar refractivity (Wildman–Crippen MR) is 226 cm³/mol. The number of nitrogens with zero attached hydrogens (tertiary/aromatic N) is 3. The SMILES string of the molecule is CC(C)(c1ccccc1)c1ccc(-n2c(-c3ccccc3O)nc3c(-c4cc(-c5ccccc5)cc(-c5cc(-c6ccccc6)ccn5)c4)cccc32)cc1. The van der Waals surface area contributed by atoms with Crippen molar-refractivity contribution in [2.45, 2.75) is 19.3 Å². The number of benzene rings is 7. The maximum Gasteiger partial charge on any atom is 0.149 e. The minimum absolute atomic E-state index is 0.179. The Hall–Kier alpha value is -7.04. The molecule has 0 unspecified atom stereocenters. The number of rotatable bonds is 8. The van der Waals surface area contributed by atoms with E-state index in [0.29, 0.717) is 11.4 Å². The van der Waals surface area contributed by atoms with Gasteiger partial charge in [0.25, 0.3) is 0 Å². The van der Waals surface area contributed by atoms with Crippen molar-refractivity contribution in [3.63, 3.8) is 0 Å². The number of fused-ring (bicyclic) bond motifs is 1. The molecule has 9 rings (SSSR count). The molecule has 9 aromatic rings. The smallest absolute Gasteiger partial charge is 0.149 e. The molecule has 0 aliphatic rings. The van der Waals surface area contributed by atoms with E-state index >= 15 is 0 Å². The Balaban J connectivity index is 1.23. The fourth-order valence-corrected chi connectivity index (χ4v) is 7.61. The van der Waals surface area contributed by atoms with E-state index in [4.69, 9.17) is 9.97 Å². The average Bonchev–Trinajstić information content (AvgIpc) is 3.64. The fourth-order valence-electron chi connectivity index (χ4n) is 7.61. The molecule has 0 atom stereocenters. The molecule has 0 bridgehead atoms. The lowest BCUT2D eigenvalue weighted by molar-refractivity contribution is 0.477. The summed E-state index contributed by atoms with van der Waals surface area (Å²) in [7, 11) is 0. The predicted octanol–water partition coefficient (Wildman–Crippen LogP) is 12.8. The standard InChI is InChI=1S/C51H39N3O/c1-51(2,41-19-10-5-11-20-41)42-25-27-43(28-26-42)54-47-23-14-22-44(49(47)53-50(54)45-21-12-13-24-48(45)55)39-31-38(36-17-8-4-9-18-36)32-40(33-39)46-34-37(29-30-52-46)35-15-6-3-7-16-35/h3-34,55H,1-2H3. The summed E-state index contributed by atoms with van der Waals surface area (Å²) >= 11 is 0. The lowest BCUT2D eigenvalue weighted by Gasteiger charge is -2.26. The third kappa shape index (κ3) is 6.38. The number of phenolic OH excluding ortho intramolecular Hbond substituents is 1. The molecule has 1 N–H and O–H groups in total. The van der Waals surface area contributed by atoms with Crippen molar-refractivity contribution in [3.8, 4) is 67.5 Å². The van der Waals surface area contributed by atoms with Gasteiger partial charge in [-0.1, -0.05) is 141 Å². The van der Waals surface area contributed by atoms with Gasteiger partial charge in [-0.15, -0.1) is 0 Å². The first-order chi connectivity index (χ1) is 26.9. The molecule has 2 heterocycles. The Kier molecular flexibility index (Phi) is 8.64. The highest BCUT2D eigenvalue weighted by atomic mass is 16.3. The van der Waals surface area contributed by atoms with Crippen LogP contribution in [0.15, 0.2) is 194 Å². The van der Waals surface area contributed by atoms with Gasteiger partial charge in [0, 0.05) is 28.4 Å². The maximum absolute atomic E-state index is 11.2. The van der Waals surface area contributed by atoms with Gasteiger partial charge in [0.1, 0.15) is 11.6 Å². The van der Waals surface area contributed by atoms with Crippen molar-refractivity contribution >= 4 is 11.0 Å². The number of imidazole rings is 1. The van der Waals surface area contributed by atoms with Crippen molar-refractivity contribution in [2.75, 3.05) is 0 Å². The third-order valence-corrected chi connectivity index (χ3v) is 10.7. The molecule has 2 aromatic heterocycles. The molecule has 0 amide bonds. The van der Waals surface area contributed by atoms with Crippen LogP contribution in [0.1, 0.15) is 25.0 Å². The fraction of sp³-hybridized carbons (Fsp3) is 0.0588. The molecule has 4 heteroatoms. The molecule has 0 fully saturated rings. The Morgan fingerprint density at radius 2 is 1.05 bits per heavy atom. The largest absolute Gasteiger partial charge is 0.507 e. The van der Waals surface area contributed by atoms with Crippen LogP contribution in [0, 0.1) is 0 Å². The lowest BCUT2D eigenvalue weighted by Crippen LogP contribution is -2.18. The van der Waals surface area contributed by atoms with Gasteiger partial charge >= 0.3 is 0 Å². The molecule has 7 aromatic carbocycles. The van der Waals surface area contributed by atoms with Crippen LogP contribution in [-0.4, -0.2) is 19.6 Å². The summed E-state index contributed by atoms with van der Waals surface area (Å²) in [6.45, 7) is 4.52. The topological polar surface area (TPSA) is 50.9 Å². The Bertz CT molecular complexity index is 2770. The average molecular weight is 710 g/mol. The van der Waals surface area contributed by atoms with E-state index in [2.05, 4.69) is 170 Å². The molecule has 0 aliphatic heterocycles. The van der Waals surface area contributed by atoms with E-state index < -0.39 is 0 Å². The van der Waals surface area contributed by atoms with Crippen LogP contribution in [0.2, 0.25) is 0 Å². The molecule has 0 spiro atoms. The van der Waals surface area contributed by atoms with Gasteiger partial charge in [-0.25, -0.2) is 4.98 Å². The monoisotopic (exact) mass is 709 g/mol. The van der Waals surface area contributed by atoms with Crippen LogP contribution < -0.4 is 0 Å². The Labute approximate surface area is 321 Å². The number of phenols is 1. The normalized spacial score (nSPS) is 11.5. The molecular weight excluding hydrogens is 671 g/mol. The summed E-state index contributed by atoms with van der Waals surface area (Å²) < 4.78 is 2.17. The second kappa shape index (κ2) is 14.1. The van der Waals surface area contributed by atoms with Gasteiger partial charge in [0.15, 0.2) is 0 Å². The summed E-state index contributed by atoms with van der Waals surface area (Å²) in [5, 5.41) is 11.2. The maximum atomic E-state index is 11.2. The molecular formula is C51H39N3O. The highest BCUT2D eigenvalue weighted by Gasteiger charge is 2.24. The summed E-state index contributed by atoms with van der Waals surface area (Å²) in [4.78, 5) is 10.2. The number of hydrogen-bond donors (Lipinski definition) is 1. The van der Waals surface area contributed by atoms with Crippen LogP contribution in [0.5, 0.6) is 5.75 Å². The van der Waals surface area contributed by atoms with Crippen LogP contribution in [0.25, 0.3) is 72.7 Å². The Morgan fingerprint density at radius 3 is 1.76 bits per heavy atom. The van der Waals surface area contributed by atoms with Gasteiger partial charge in [0.2, 0.25) is 0 Å². The van der Waals surface area contributed by atoms with Crippen LogP contribution in [0.4, 0.5) is 0 Å². The van der Waals surface area contributed by atoms with E-state index in [1.54, 1.807) is 6.07 Å². The zero-order valence-corrected chi connectivity index (χ0v) is 30.8. The number of aromatic hydroxyl groups is 1. The van der Waals surface area contributed by atoms with Gasteiger partial charge in [0.05, 0.1) is 22.3 Å². The minimum Gasteiger partial charge on any atom is -0.507 e. The van der Waals surface area contributed by atoms with E-state index in [9.17, 15) is 5.11 Å². The van der Waals surface area contributed by atoms with E-state index in [0.717, 1.165) is 61.4 Å². The molecule has 264 valence electrons. The summed E-state index contributed by atoms with van der Waals surface area (Å²) in [5.41, 5.74) is 14.1. The first-order valence-corrected chi connectivity index (χ1v) is 18.6. The van der Waals surface area contributed by atoms with Crippen molar-refractivity contribution in [1.29, 1.82) is 0 Å². The van der Waals surface area contributed by atoms with Crippen LogP contribution >= 0.6 is 0 Å². The van der Waals surface area contributed by atoms with E-state index in [1.807, 2.05) is 36.5 Å². The van der Waals surface area contributed by atoms with E-state index in [-0.39, 0.29) is 11.2 Å². The number of aromatic nitrogens is 3. The van der Waals surface area contributed by atoms with Gasteiger partial charge in [-0.05, 0) is 99.6 Å². The summed E-state index contributed by atoms with van der Waals surface area (Å²) in [6.07, 6.45) is 1.89. The molecule has 0 radical (unpaired) electrons. The second-order valence-corrected chi connectivity index (χ2v) is 14.5. The van der Waals surface area contributed by atoms with Gasteiger partial charge in [-0.2, -0.15) is 0 Å². The number of hydrogen-bond acceptors (Lipinski definition) is 3. The summed E-state index contributed by atoms with van der Waals surface area (Å²) in [6, 6.07) is 64.9. The zero-order chi connectivity index (χ0) is 37.4. The van der Waals surface area contributed by atoms with Crippen molar-refractivity contribution in [2.24, 2.45) is 0 Å². The quantitative estimate of drug-likeness (QED) is 0.171. The lowest BCUT2D eigenvalue weighted by atomic mass is 9.78. The third-order valence-electron chi connectivity index (χ3n) is 10.7. The minimum atomic E-state index is -0.179. The second-order valence-electron chi connectivity index (χ2n) is 14.5. The highest BCUT2D eigenvalue weighted by molar-refractivity contribution is 5.97. The molecule has 0 saturated heterocycles. The van der Waals surface area contributed by atoms with Crippen LogP contribution in [-0.2, 0) is 5.41 Å². The van der Waals surface area contributed by atoms with Gasteiger partial charge in [-0.3, -0.25) is 9.55 Å². The van der Waals surface area contributed by atoms with Crippen LogP contribution in [0.3, 0.4) is 0 Å². The first kappa shape index (κ1) is 33.8. The molecule has 55 heavy (non-hydrogen) atoms. The zero-order valence-electron chi connectivity index (χ0n) is 30.8. The number of para-hydroxylation sites is 2. The first-order valence-electron chi connectivity index (χ1n) is 18.6. The molecule has 0 saturated carbocycles. The summed E-state index contributed by atoms with van der Waals surface area (Å²) in [5.74, 6) is 0.854. The Morgan fingerprint density at radius 1 is 0.473 bits per heavy atom. The van der Waals surface area contributed by atoms with Crippen molar-refractivity contribution in [3.05, 3.63) is 205 Å². The van der Waals surface area contributed by atoms with Crippen molar-refractivity contribution in [1.82, 2.24) is 14.5 Å².